The Labute approximate surface area is 265 Å². The van der Waals surface area contributed by atoms with E-state index in [0.717, 1.165) is 49.8 Å². The minimum absolute atomic E-state index is 0.167. The Morgan fingerprint density at radius 1 is 0.717 bits per heavy atom. The molecule has 0 aliphatic carbocycles. The fourth-order valence-electron chi connectivity index (χ4n) is 6.11. The lowest BCUT2D eigenvalue weighted by Crippen LogP contribution is -2.34. The van der Waals surface area contributed by atoms with Crippen LogP contribution in [0, 0.1) is 19.3 Å². The van der Waals surface area contributed by atoms with Gasteiger partial charge in [0.25, 0.3) is 0 Å². The van der Waals surface area contributed by atoms with Crippen molar-refractivity contribution in [2.45, 2.75) is 40.3 Å². The monoisotopic (exact) mass is 616 g/mol. The van der Waals surface area contributed by atoms with E-state index in [2.05, 4.69) is 11.1 Å². The molecule has 7 heteroatoms. The van der Waals surface area contributed by atoms with Gasteiger partial charge in [0, 0.05) is 34.5 Å². The Morgan fingerprint density at radius 3 is 2.17 bits per heavy atom. The maximum Gasteiger partial charge on any atom is 0.394 e. The number of nitrogens with zero attached hydrogens (tertiary/aromatic N) is 2. The molecule has 0 spiro atoms. The van der Waals surface area contributed by atoms with Gasteiger partial charge in [-0.05, 0) is 109 Å². The number of hydrogen-bond donors (Lipinski definition) is 0. The molecule has 0 saturated carbocycles. The van der Waals surface area contributed by atoms with Crippen LogP contribution in [0.25, 0.3) is 44.4 Å². The van der Waals surface area contributed by atoms with Crippen molar-refractivity contribution in [3.63, 3.8) is 0 Å². The molecule has 6 aromatic rings. The zero-order chi connectivity index (χ0) is 32.2. The third-order valence-corrected chi connectivity index (χ3v) is 8.39. The highest BCUT2D eigenvalue weighted by atomic mass is 19.4. The van der Waals surface area contributed by atoms with Gasteiger partial charge in [0.15, 0.2) is 5.75 Å². The smallest absolute Gasteiger partial charge is 0.394 e. The molecule has 1 aliphatic heterocycles. The molecular formula is C39H31F3N2O2. The second-order valence-electron chi connectivity index (χ2n) is 12.6. The average Bonchev–Trinajstić information content (AvgIpc) is 3.00. The number of benzene rings is 4. The predicted molar refractivity (Wildman–Crippen MR) is 175 cm³/mol. The topological polar surface area (TPSA) is 44.2 Å². The van der Waals surface area contributed by atoms with E-state index in [1.807, 2.05) is 92.7 Å². The molecule has 4 aromatic carbocycles. The van der Waals surface area contributed by atoms with E-state index in [-0.39, 0.29) is 6.42 Å². The van der Waals surface area contributed by atoms with E-state index in [1.54, 1.807) is 18.5 Å². The van der Waals surface area contributed by atoms with Crippen molar-refractivity contribution >= 4 is 10.8 Å². The molecule has 0 fully saturated rings. The normalized spacial score (nSPS) is 12.5. The number of fused-ring (bicyclic) bond motifs is 2. The van der Waals surface area contributed by atoms with Gasteiger partial charge in [-0.2, -0.15) is 13.2 Å². The van der Waals surface area contributed by atoms with Crippen LogP contribution in [-0.2, 0) is 6.42 Å². The summed E-state index contributed by atoms with van der Waals surface area (Å²) in [6, 6.07) is 29.1. The maximum absolute atomic E-state index is 13.8. The van der Waals surface area contributed by atoms with Crippen LogP contribution in [0.15, 0.2) is 103 Å². The molecule has 230 valence electrons. The van der Waals surface area contributed by atoms with Crippen LogP contribution in [0.3, 0.4) is 0 Å². The fraction of sp³-hybridized carbons (Fsp3) is 0.179. The van der Waals surface area contributed by atoms with E-state index in [1.165, 1.54) is 13.8 Å². The minimum Gasteiger partial charge on any atom is -0.457 e. The minimum atomic E-state index is -4.34. The lowest BCUT2D eigenvalue weighted by Gasteiger charge is -2.29. The van der Waals surface area contributed by atoms with Crippen molar-refractivity contribution in [1.29, 1.82) is 0 Å². The largest absolute Gasteiger partial charge is 0.457 e. The molecular weight excluding hydrogens is 585 g/mol. The van der Waals surface area contributed by atoms with Gasteiger partial charge in [-0.25, -0.2) is 0 Å². The molecule has 3 heterocycles. The number of rotatable bonds is 6. The summed E-state index contributed by atoms with van der Waals surface area (Å²) in [7, 11) is 0. The standard InChI is InChI=1S/C39H31F3N2O2/c1-23-14-27(33-10-5-6-12-43-33)20-29(16-23)45-30-17-24(2)15-28(21-30)36-37-32(11-13-44-36)31-9-7-8-26-18-25(19-34(46-37)35(26)31)22-38(3,4)39(40,41)42/h5-21H,22H2,1-4H3. The van der Waals surface area contributed by atoms with Crippen LogP contribution in [0.4, 0.5) is 13.2 Å². The quantitative estimate of drug-likeness (QED) is 0.186. The highest BCUT2D eigenvalue weighted by molar-refractivity contribution is 6.05. The van der Waals surface area contributed by atoms with Gasteiger partial charge in [-0.15, -0.1) is 0 Å². The summed E-state index contributed by atoms with van der Waals surface area (Å²) in [4.78, 5) is 9.22. The summed E-state index contributed by atoms with van der Waals surface area (Å²) < 4.78 is 54.4. The first-order valence-corrected chi connectivity index (χ1v) is 15.1. The summed E-state index contributed by atoms with van der Waals surface area (Å²) in [5, 5.41) is 1.71. The maximum atomic E-state index is 13.8. The van der Waals surface area contributed by atoms with E-state index in [0.29, 0.717) is 34.3 Å². The number of aromatic nitrogens is 2. The molecule has 0 unspecified atom stereocenters. The van der Waals surface area contributed by atoms with E-state index in [4.69, 9.17) is 14.5 Å². The summed E-state index contributed by atoms with van der Waals surface area (Å²) in [5.41, 5.74) is 5.74. The Morgan fingerprint density at radius 2 is 1.46 bits per heavy atom. The number of aryl methyl sites for hydroxylation is 2. The molecule has 2 aromatic heterocycles. The highest BCUT2D eigenvalue weighted by Crippen LogP contribution is 2.51. The molecule has 46 heavy (non-hydrogen) atoms. The SMILES string of the molecule is Cc1cc(Oc2cc(C)cc(-c3nccc4c3Oc3cc(CC(C)(C)C(F)(F)F)cc5cccc-4c35)c2)cc(-c2ccccn2)c1. The molecule has 0 radical (unpaired) electrons. The van der Waals surface area contributed by atoms with Gasteiger partial charge in [0.05, 0.1) is 11.1 Å². The Bertz CT molecular complexity index is 2120. The van der Waals surface area contributed by atoms with E-state index < -0.39 is 11.6 Å². The summed E-state index contributed by atoms with van der Waals surface area (Å²) in [6.45, 7) is 6.47. The third-order valence-electron chi connectivity index (χ3n) is 8.39. The molecule has 1 aliphatic rings. The molecule has 4 nitrogen and oxygen atoms in total. The summed E-state index contributed by atoms with van der Waals surface area (Å²) >= 11 is 0. The first kappa shape index (κ1) is 29.5. The van der Waals surface area contributed by atoms with Crippen molar-refractivity contribution in [2.75, 3.05) is 0 Å². The van der Waals surface area contributed by atoms with Crippen molar-refractivity contribution < 1.29 is 22.6 Å². The number of ether oxygens (including phenoxy) is 2. The number of halogens is 3. The molecule has 0 saturated heterocycles. The van der Waals surface area contributed by atoms with Crippen LogP contribution in [0.2, 0.25) is 0 Å². The van der Waals surface area contributed by atoms with E-state index in [9.17, 15) is 13.2 Å². The lowest BCUT2D eigenvalue weighted by atomic mass is 9.83. The number of hydrogen-bond acceptors (Lipinski definition) is 4. The first-order valence-electron chi connectivity index (χ1n) is 15.1. The predicted octanol–water partition coefficient (Wildman–Crippen LogP) is 11.3. The third kappa shape index (κ3) is 5.47. The van der Waals surface area contributed by atoms with Crippen LogP contribution >= 0.6 is 0 Å². The van der Waals surface area contributed by atoms with E-state index >= 15 is 0 Å². The summed E-state index contributed by atoms with van der Waals surface area (Å²) in [5.74, 6) is 2.40. The number of alkyl halides is 3. The Balaban J connectivity index is 1.28. The highest BCUT2D eigenvalue weighted by Gasteiger charge is 2.47. The van der Waals surface area contributed by atoms with Crippen molar-refractivity contribution in [3.05, 3.63) is 120 Å². The van der Waals surface area contributed by atoms with Gasteiger partial charge in [0.1, 0.15) is 22.9 Å². The molecule has 0 N–H and O–H groups in total. The molecule has 0 bridgehead atoms. The van der Waals surface area contributed by atoms with Crippen LogP contribution < -0.4 is 9.47 Å². The first-order chi connectivity index (χ1) is 21.9. The Hall–Kier alpha value is -5.17. The van der Waals surface area contributed by atoms with Crippen LogP contribution in [0.5, 0.6) is 23.0 Å². The second-order valence-corrected chi connectivity index (χ2v) is 12.6. The van der Waals surface area contributed by atoms with Gasteiger partial charge in [-0.3, -0.25) is 9.97 Å². The van der Waals surface area contributed by atoms with Gasteiger partial charge >= 0.3 is 6.18 Å². The zero-order valence-corrected chi connectivity index (χ0v) is 25.9. The van der Waals surface area contributed by atoms with Gasteiger partial charge < -0.3 is 9.47 Å². The number of pyridine rings is 2. The van der Waals surface area contributed by atoms with Gasteiger partial charge in [-0.1, -0.05) is 44.2 Å². The van der Waals surface area contributed by atoms with Crippen LogP contribution in [-0.4, -0.2) is 16.1 Å². The summed E-state index contributed by atoms with van der Waals surface area (Å²) in [6.07, 6.45) is -0.984. The van der Waals surface area contributed by atoms with Crippen LogP contribution in [0.1, 0.15) is 30.5 Å². The fourth-order valence-corrected chi connectivity index (χ4v) is 6.11. The van der Waals surface area contributed by atoms with Crippen molar-refractivity contribution in [1.82, 2.24) is 9.97 Å². The molecule has 0 atom stereocenters. The van der Waals surface area contributed by atoms with Crippen molar-refractivity contribution in [3.8, 4) is 56.6 Å². The lowest BCUT2D eigenvalue weighted by molar-refractivity contribution is -0.211. The molecule has 0 amide bonds. The molecule has 7 rings (SSSR count). The zero-order valence-electron chi connectivity index (χ0n) is 25.9. The second kappa shape index (κ2) is 11.0. The average molecular weight is 617 g/mol. The van der Waals surface area contributed by atoms with Crippen molar-refractivity contribution in [2.24, 2.45) is 5.41 Å². The van der Waals surface area contributed by atoms with Gasteiger partial charge in [0.2, 0.25) is 0 Å². The Kier molecular flexibility index (Phi) is 7.07.